The maximum Gasteiger partial charge on any atom is 0.252 e. The zero-order valence-electron chi connectivity index (χ0n) is 19.7. The second-order valence-corrected chi connectivity index (χ2v) is 8.30. The van der Waals surface area contributed by atoms with E-state index in [0.29, 0.717) is 29.7 Å². The first-order valence-electron chi connectivity index (χ1n) is 11.6. The van der Waals surface area contributed by atoms with Gasteiger partial charge >= 0.3 is 0 Å². The van der Waals surface area contributed by atoms with Crippen LogP contribution in [0.5, 0.6) is 0 Å². The Hall–Kier alpha value is -4.00. The van der Waals surface area contributed by atoms with Gasteiger partial charge in [-0.1, -0.05) is 56.3 Å². The van der Waals surface area contributed by atoms with Crippen LogP contribution in [0.15, 0.2) is 66.9 Å². The number of carbonyl (C=O) groups is 2. The Morgan fingerprint density at radius 1 is 1.03 bits per heavy atom. The summed E-state index contributed by atoms with van der Waals surface area (Å²) in [7, 11) is 0. The number of carbonyl (C=O) groups excluding carboxylic acids is 2. The molecule has 0 aliphatic rings. The van der Waals surface area contributed by atoms with Gasteiger partial charge in [0.15, 0.2) is 5.65 Å². The molecule has 7 nitrogen and oxygen atoms in total. The smallest absolute Gasteiger partial charge is 0.252 e. The van der Waals surface area contributed by atoms with E-state index in [1.54, 1.807) is 10.9 Å². The van der Waals surface area contributed by atoms with Gasteiger partial charge in [0.25, 0.3) is 5.91 Å². The largest absolute Gasteiger partial charge is 0.348 e. The first-order chi connectivity index (χ1) is 16.5. The van der Waals surface area contributed by atoms with E-state index in [-0.39, 0.29) is 17.7 Å². The molecule has 1 atom stereocenters. The number of nitrogens with zero attached hydrogens (tertiary/aromatic N) is 3. The van der Waals surface area contributed by atoms with Crippen molar-refractivity contribution in [1.29, 1.82) is 0 Å². The molecule has 0 aliphatic carbocycles. The quantitative estimate of drug-likeness (QED) is 0.390. The van der Waals surface area contributed by atoms with Gasteiger partial charge < -0.3 is 10.6 Å². The maximum atomic E-state index is 13.3. The van der Waals surface area contributed by atoms with Crippen molar-refractivity contribution in [3.8, 4) is 11.3 Å². The third-order valence-corrected chi connectivity index (χ3v) is 5.93. The summed E-state index contributed by atoms with van der Waals surface area (Å²) in [6.45, 7) is 6.87. The van der Waals surface area contributed by atoms with Gasteiger partial charge in [0.1, 0.15) is 0 Å². The number of anilines is 1. The van der Waals surface area contributed by atoms with E-state index in [9.17, 15) is 9.59 Å². The minimum Gasteiger partial charge on any atom is -0.348 e. The van der Waals surface area contributed by atoms with Crippen molar-refractivity contribution in [2.75, 3.05) is 5.32 Å². The van der Waals surface area contributed by atoms with Crippen LogP contribution in [0.2, 0.25) is 0 Å². The van der Waals surface area contributed by atoms with E-state index in [4.69, 9.17) is 4.98 Å². The van der Waals surface area contributed by atoms with Crippen LogP contribution >= 0.6 is 0 Å². The van der Waals surface area contributed by atoms with Crippen molar-refractivity contribution >= 4 is 28.5 Å². The van der Waals surface area contributed by atoms with Gasteiger partial charge in [-0.15, -0.1) is 0 Å². The number of nitrogens with one attached hydrogen (secondary N) is 2. The molecular weight excluding hydrogens is 426 g/mol. The van der Waals surface area contributed by atoms with E-state index in [1.807, 2.05) is 81.4 Å². The molecule has 7 heteroatoms. The van der Waals surface area contributed by atoms with Crippen LogP contribution in [-0.4, -0.2) is 26.6 Å². The van der Waals surface area contributed by atoms with Crippen molar-refractivity contribution in [1.82, 2.24) is 20.1 Å². The number of hydrogen-bond donors (Lipinski definition) is 2. The molecule has 2 aromatic carbocycles. The molecule has 2 heterocycles. The molecule has 2 N–H and O–H groups in total. The number of amides is 2. The molecule has 1 unspecified atom stereocenters. The van der Waals surface area contributed by atoms with Gasteiger partial charge in [0.2, 0.25) is 5.91 Å². The van der Waals surface area contributed by atoms with Crippen molar-refractivity contribution in [2.24, 2.45) is 5.92 Å². The fraction of sp³-hybridized carbons (Fsp3) is 0.259. The Labute approximate surface area is 199 Å². The average Bonchev–Trinajstić information content (AvgIpc) is 3.30. The lowest BCUT2D eigenvalue weighted by atomic mass is 10.1. The van der Waals surface area contributed by atoms with Gasteiger partial charge in [0, 0.05) is 30.3 Å². The summed E-state index contributed by atoms with van der Waals surface area (Å²) in [6, 6.07) is 19.1. The van der Waals surface area contributed by atoms with Crippen LogP contribution in [0.4, 0.5) is 5.69 Å². The summed E-state index contributed by atoms with van der Waals surface area (Å²) in [5.41, 5.74) is 4.50. The highest BCUT2D eigenvalue weighted by Gasteiger charge is 2.17. The standard InChI is InChI=1S/C27H29N5O2/c1-4-18(3)26(33)30-21-13-9-10-19(14-21)16-28-27(34)22-15-24(20-11-7-6-8-12-20)31-25-23(22)17-29-32(25)5-2/h6-15,17-18H,4-5,16H2,1-3H3,(H,28,34)(H,30,33). The molecule has 0 fully saturated rings. The molecule has 0 aliphatic heterocycles. The number of rotatable bonds is 8. The molecule has 4 rings (SSSR count). The van der Waals surface area contributed by atoms with Crippen molar-refractivity contribution in [3.63, 3.8) is 0 Å². The minimum absolute atomic E-state index is 0.00996. The zero-order chi connectivity index (χ0) is 24.1. The van der Waals surface area contributed by atoms with E-state index in [2.05, 4.69) is 15.7 Å². The first kappa shape index (κ1) is 23.2. The van der Waals surface area contributed by atoms with Crippen molar-refractivity contribution in [2.45, 2.75) is 40.3 Å². The van der Waals surface area contributed by atoms with Crippen LogP contribution in [0.1, 0.15) is 43.1 Å². The lowest BCUT2D eigenvalue weighted by Gasteiger charge is -2.12. The van der Waals surface area contributed by atoms with E-state index < -0.39 is 0 Å². The summed E-state index contributed by atoms with van der Waals surface area (Å²) >= 11 is 0. The van der Waals surface area contributed by atoms with Crippen LogP contribution in [0.3, 0.4) is 0 Å². The molecular formula is C27H29N5O2. The highest BCUT2D eigenvalue weighted by molar-refractivity contribution is 6.06. The van der Waals surface area contributed by atoms with Gasteiger partial charge in [-0.3, -0.25) is 9.59 Å². The molecule has 174 valence electrons. The normalized spacial score (nSPS) is 11.9. The van der Waals surface area contributed by atoms with Crippen LogP contribution in [-0.2, 0) is 17.9 Å². The Kier molecular flexibility index (Phi) is 7.01. The lowest BCUT2D eigenvalue weighted by Crippen LogP contribution is -2.23. The van der Waals surface area contributed by atoms with E-state index in [0.717, 1.165) is 28.9 Å². The summed E-state index contributed by atoms with van der Waals surface area (Å²) in [6.07, 6.45) is 2.47. The summed E-state index contributed by atoms with van der Waals surface area (Å²) < 4.78 is 1.79. The number of benzene rings is 2. The van der Waals surface area contributed by atoms with Gasteiger partial charge in [-0.2, -0.15) is 5.10 Å². The minimum atomic E-state index is -0.200. The zero-order valence-corrected chi connectivity index (χ0v) is 19.7. The monoisotopic (exact) mass is 455 g/mol. The molecule has 0 spiro atoms. The van der Waals surface area contributed by atoms with E-state index in [1.165, 1.54) is 0 Å². The van der Waals surface area contributed by atoms with Crippen molar-refractivity contribution in [3.05, 3.63) is 78.0 Å². The number of fused-ring (bicyclic) bond motifs is 1. The van der Waals surface area contributed by atoms with Gasteiger partial charge in [-0.25, -0.2) is 9.67 Å². The van der Waals surface area contributed by atoms with Gasteiger partial charge in [0.05, 0.1) is 22.8 Å². The highest BCUT2D eigenvalue weighted by Crippen LogP contribution is 2.25. The second kappa shape index (κ2) is 10.3. The lowest BCUT2D eigenvalue weighted by molar-refractivity contribution is -0.119. The Bertz CT molecular complexity index is 1310. The van der Waals surface area contributed by atoms with Crippen LogP contribution < -0.4 is 10.6 Å². The Morgan fingerprint density at radius 2 is 1.82 bits per heavy atom. The molecule has 0 bridgehead atoms. The number of aryl methyl sites for hydroxylation is 1. The summed E-state index contributed by atoms with van der Waals surface area (Å²) in [5.74, 6) is -0.265. The molecule has 0 saturated heterocycles. The fourth-order valence-corrected chi connectivity index (χ4v) is 3.71. The van der Waals surface area contributed by atoms with Gasteiger partial charge in [-0.05, 0) is 37.1 Å². The predicted octanol–water partition coefficient (Wildman–Crippen LogP) is 5.03. The van der Waals surface area contributed by atoms with E-state index >= 15 is 0 Å². The van der Waals surface area contributed by atoms with Crippen LogP contribution in [0.25, 0.3) is 22.3 Å². The first-order valence-corrected chi connectivity index (χ1v) is 11.6. The topological polar surface area (TPSA) is 88.9 Å². The molecule has 34 heavy (non-hydrogen) atoms. The second-order valence-electron chi connectivity index (χ2n) is 8.30. The predicted molar refractivity (Wildman–Crippen MR) is 134 cm³/mol. The third kappa shape index (κ3) is 4.98. The average molecular weight is 456 g/mol. The maximum absolute atomic E-state index is 13.3. The highest BCUT2D eigenvalue weighted by atomic mass is 16.2. The Balaban J connectivity index is 1.57. The fourth-order valence-electron chi connectivity index (χ4n) is 3.71. The number of pyridine rings is 1. The number of hydrogen-bond acceptors (Lipinski definition) is 4. The van der Waals surface area contributed by atoms with Crippen molar-refractivity contribution < 1.29 is 9.59 Å². The molecule has 2 amide bonds. The van der Waals surface area contributed by atoms with Crippen LogP contribution in [0, 0.1) is 5.92 Å². The summed E-state index contributed by atoms with van der Waals surface area (Å²) in [4.78, 5) is 30.2. The third-order valence-electron chi connectivity index (χ3n) is 5.93. The molecule has 0 saturated carbocycles. The SMILES string of the molecule is CCC(C)C(=O)Nc1cccc(CNC(=O)c2cc(-c3ccccc3)nc3c2cnn3CC)c1. The summed E-state index contributed by atoms with van der Waals surface area (Å²) in [5, 5.41) is 11.1. The molecule has 2 aromatic heterocycles. The number of aromatic nitrogens is 3. The molecule has 4 aromatic rings. The Morgan fingerprint density at radius 3 is 2.56 bits per heavy atom. The molecule has 0 radical (unpaired) electrons.